The number of amides is 1. The van der Waals surface area contributed by atoms with Crippen LogP contribution in [0, 0.1) is 0 Å². The number of hydrogen-bond donors (Lipinski definition) is 3. The maximum absolute atomic E-state index is 12.0. The largest absolute Gasteiger partial charge is 0.508 e. The Morgan fingerprint density at radius 2 is 1.77 bits per heavy atom. The van der Waals surface area contributed by atoms with Crippen molar-refractivity contribution in [2.75, 3.05) is 5.32 Å². The summed E-state index contributed by atoms with van der Waals surface area (Å²) in [5.74, 6) is -0.111. The zero-order valence-electron chi connectivity index (χ0n) is 13.6. The van der Waals surface area contributed by atoms with Crippen molar-refractivity contribution < 1.29 is 9.90 Å². The van der Waals surface area contributed by atoms with Crippen molar-refractivity contribution in [1.29, 1.82) is 0 Å². The van der Waals surface area contributed by atoms with Crippen LogP contribution in [0.2, 0.25) is 0 Å². The third-order valence-electron chi connectivity index (χ3n) is 3.96. The zero-order valence-corrected chi connectivity index (χ0v) is 13.6. The minimum atomic E-state index is -0.617. The van der Waals surface area contributed by atoms with Crippen LogP contribution in [0.15, 0.2) is 66.9 Å². The van der Waals surface area contributed by atoms with Gasteiger partial charge in [-0.15, -0.1) is 5.10 Å². The minimum absolute atomic E-state index is 0.170. The number of nitrogens with two attached hydrogens (primary N) is 1. The van der Waals surface area contributed by atoms with Gasteiger partial charge in [0.25, 0.3) is 5.91 Å². The van der Waals surface area contributed by atoms with Crippen LogP contribution in [-0.4, -0.2) is 25.6 Å². The summed E-state index contributed by atoms with van der Waals surface area (Å²) in [6, 6.07) is 17.9. The van der Waals surface area contributed by atoms with Crippen LogP contribution in [0.25, 0.3) is 16.9 Å². The molecular weight excluding hydrogens is 330 g/mol. The Morgan fingerprint density at radius 1 is 1.04 bits per heavy atom. The molecule has 2 aromatic heterocycles. The van der Waals surface area contributed by atoms with E-state index in [0.717, 1.165) is 16.9 Å². The number of anilines is 2. The molecule has 0 fully saturated rings. The van der Waals surface area contributed by atoms with Crippen molar-refractivity contribution in [3.8, 4) is 17.0 Å². The molecule has 2 heterocycles. The summed E-state index contributed by atoms with van der Waals surface area (Å²) in [5.41, 5.74) is 8.48. The van der Waals surface area contributed by atoms with Gasteiger partial charge in [0.1, 0.15) is 11.3 Å². The van der Waals surface area contributed by atoms with Crippen molar-refractivity contribution in [1.82, 2.24) is 14.6 Å². The van der Waals surface area contributed by atoms with Crippen LogP contribution in [0.1, 0.15) is 10.4 Å². The Balaban J connectivity index is 1.90. The minimum Gasteiger partial charge on any atom is -0.508 e. The third-order valence-corrected chi connectivity index (χ3v) is 3.96. The average Bonchev–Trinajstić information content (AvgIpc) is 3.01. The van der Waals surface area contributed by atoms with Crippen molar-refractivity contribution in [2.45, 2.75) is 0 Å². The second-order valence-electron chi connectivity index (χ2n) is 5.69. The lowest BCUT2D eigenvalue weighted by Crippen LogP contribution is -2.13. The van der Waals surface area contributed by atoms with Gasteiger partial charge in [0, 0.05) is 17.4 Å². The van der Waals surface area contributed by atoms with E-state index in [9.17, 15) is 9.90 Å². The highest BCUT2D eigenvalue weighted by atomic mass is 16.3. The SMILES string of the molecule is NC(=O)c1c(Nc2ccccc2)nn2c(-c3ccc(O)cc3)ccnc12. The lowest BCUT2D eigenvalue weighted by molar-refractivity contribution is 0.100. The Bertz CT molecular complexity index is 1090. The van der Waals surface area contributed by atoms with Crippen molar-refractivity contribution in [2.24, 2.45) is 5.73 Å². The number of benzene rings is 2. The van der Waals surface area contributed by atoms with E-state index in [2.05, 4.69) is 15.4 Å². The van der Waals surface area contributed by atoms with E-state index in [4.69, 9.17) is 5.73 Å². The number of nitrogens with zero attached hydrogens (tertiary/aromatic N) is 3. The molecule has 4 rings (SSSR count). The molecule has 0 unspecified atom stereocenters. The first-order valence-electron chi connectivity index (χ1n) is 7.92. The quantitative estimate of drug-likeness (QED) is 0.527. The fraction of sp³-hybridized carbons (Fsp3) is 0. The topological polar surface area (TPSA) is 106 Å². The molecule has 0 bridgehead atoms. The number of fused-ring (bicyclic) bond motifs is 1. The molecule has 1 amide bonds. The Kier molecular flexibility index (Phi) is 3.74. The molecule has 128 valence electrons. The molecular formula is C19H15N5O2. The summed E-state index contributed by atoms with van der Waals surface area (Å²) in [6.45, 7) is 0. The summed E-state index contributed by atoms with van der Waals surface area (Å²) >= 11 is 0. The zero-order chi connectivity index (χ0) is 18.1. The first-order chi connectivity index (χ1) is 12.6. The van der Waals surface area contributed by atoms with Crippen LogP contribution in [0.3, 0.4) is 0 Å². The highest BCUT2D eigenvalue weighted by Crippen LogP contribution is 2.27. The van der Waals surface area contributed by atoms with Gasteiger partial charge in [-0.2, -0.15) is 0 Å². The number of carbonyl (C=O) groups is 1. The first kappa shape index (κ1) is 15.6. The van der Waals surface area contributed by atoms with Gasteiger partial charge >= 0.3 is 0 Å². The van der Waals surface area contributed by atoms with Crippen LogP contribution in [0.4, 0.5) is 11.5 Å². The monoisotopic (exact) mass is 345 g/mol. The second kappa shape index (κ2) is 6.21. The maximum Gasteiger partial charge on any atom is 0.256 e. The van der Waals surface area contributed by atoms with Gasteiger partial charge in [0.15, 0.2) is 11.5 Å². The molecule has 0 saturated carbocycles. The molecule has 0 aliphatic rings. The van der Waals surface area contributed by atoms with E-state index in [1.165, 1.54) is 0 Å². The van der Waals surface area contributed by atoms with E-state index in [0.29, 0.717) is 11.5 Å². The molecule has 0 aliphatic carbocycles. The van der Waals surface area contributed by atoms with Gasteiger partial charge in [-0.05, 0) is 42.5 Å². The Morgan fingerprint density at radius 3 is 2.46 bits per heavy atom. The average molecular weight is 345 g/mol. The van der Waals surface area contributed by atoms with Gasteiger partial charge in [0.2, 0.25) is 0 Å². The Hall–Kier alpha value is -3.87. The van der Waals surface area contributed by atoms with E-state index in [1.54, 1.807) is 41.0 Å². The molecule has 0 saturated heterocycles. The third kappa shape index (κ3) is 2.71. The predicted octanol–water partition coefficient (Wildman–Crippen LogP) is 2.94. The van der Waals surface area contributed by atoms with E-state index < -0.39 is 5.91 Å². The molecule has 4 aromatic rings. The van der Waals surface area contributed by atoms with Gasteiger partial charge in [-0.25, -0.2) is 9.50 Å². The lowest BCUT2D eigenvalue weighted by atomic mass is 10.1. The molecule has 0 spiro atoms. The number of hydrogen-bond acceptors (Lipinski definition) is 5. The van der Waals surface area contributed by atoms with Crippen molar-refractivity contribution in [3.05, 3.63) is 72.4 Å². The number of rotatable bonds is 4. The van der Waals surface area contributed by atoms with Gasteiger partial charge in [-0.1, -0.05) is 18.2 Å². The summed E-state index contributed by atoms with van der Waals surface area (Å²) in [6.07, 6.45) is 1.60. The Labute approximate surface area is 148 Å². The number of phenols is 1. The van der Waals surface area contributed by atoms with Gasteiger partial charge in [-0.3, -0.25) is 4.79 Å². The number of primary amides is 1. The van der Waals surface area contributed by atoms with Crippen molar-refractivity contribution in [3.63, 3.8) is 0 Å². The smallest absolute Gasteiger partial charge is 0.256 e. The van der Waals surface area contributed by atoms with E-state index >= 15 is 0 Å². The number of para-hydroxylation sites is 1. The lowest BCUT2D eigenvalue weighted by Gasteiger charge is -2.04. The summed E-state index contributed by atoms with van der Waals surface area (Å²) in [5, 5.41) is 17.1. The molecule has 2 aromatic carbocycles. The standard InChI is InChI=1S/C19H15N5O2/c20-17(26)16-18(22-13-4-2-1-3-5-13)23-24-15(10-11-21-19(16)24)12-6-8-14(25)9-7-12/h1-11,25H,(H2,20,26)(H,22,23). The molecule has 7 heteroatoms. The molecule has 0 aliphatic heterocycles. The fourth-order valence-corrected chi connectivity index (χ4v) is 2.77. The van der Waals surface area contributed by atoms with Gasteiger partial charge < -0.3 is 16.2 Å². The first-order valence-corrected chi connectivity index (χ1v) is 7.92. The van der Waals surface area contributed by atoms with Crippen LogP contribution in [-0.2, 0) is 0 Å². The highest BCUT2D eigenvalue weighted by Gasteiger charge is 2.21. The second-order valence-corrected chi connectivity index (χ2v) is 5.69. The maximum atomic E-state index is 12.0. The van der Waals surface area contributed by atoms with Crippen molar-refractivity contribution >= 4 is 23.1 Å². The molecule has 26 heavy (non-hydrogen) atoms. The number of carbonyl (C=O) groups excluding carboxylic acids is 1. The van der Waals surface area contributed by atoms with E-state index in [1.807, 2.05) is 30.3 Å². The summed E-state index contributed by atoms with van der Waals surface area (Å²) in [4.78, 5) is 16.3. The normalized spacial score (nSPS) is 10.8. The van der Waals surface area contributed by atoms with Crippen LogP contribution < -0.4 is 11.1 Å². The highest BCUT2D eigenvalue weighted by molar-refractivity contribution is 6.04. The van der Waals surface area contributed by atoms with Crippen LogP contribution >= 0.6 is 0 Å². The molecule has 7 nitrogen and oxygen atoms in total. The molecule has 4 N–H and O–H groups in total. The van der Waals surface area contributed by atoms with Gasteiger partial charge in [0.05, 0.1) is 5.69 Å². The number of aromatic nitrogens is 3. The number of aromatic hydroxyl groups is 1. The number of phenolic OH excluding ortho intramolecular Hbond substituents is 1. The molecule has 0 atom stereocenters. The molecule has 0 radical (unpaired) electrons. The fourth-order valence-electron chi connectivity index (χ4n) is 2.77. The summed E-state index contributed by atoms with van der Waals surface area (Å²) in [7, 11) is 0. The summed E-state index contributed by atoms with van der Waals surface area (Å²) < 4.78 is 1.57. The van der Waals surface area contributed by atoms with E-state index in [-0.39, 0.29) is 11.3 Å². The van der Waals surface area contributed by atoms with Crippen LogP contribution in [0.5, 0.6) is 5.75 Å². The predicted molar refractivity (Wildman–Crippen MR) is 98.3 cm³/mol. The number of nitrogens with one attached hydrogen (secondary N) is 1.